The van der Waals surface area contributed by atoms with Crippen molar-refractivity contribution in [3.8, 4) is 0 Å². The van der Waals surface area contributed by atoms with Crippen LogP contribution in [0.4, 0.5) is 0 Å². The number of amides is 1. The Balaban J connectivity index is 2.66. The van der Waals surface area contributed by atoms with Crippen LogP contribution < -0.4 is 5.32 Å². The van der Waals surface area contributed by atoms with Crippen LogP contribution in [0.3, 0.4) is 0 Å². The van der Waals surface area contributed by atoms with E-state index in [2.05, 4.69) is 43.1 Å². The number of aromatic nitrogens is 1. The minimum absolute atomic E-state index is 0.0755. The molecule has 0 fully saturated rings. The molecule has 1 aromatic heterocycles. The largest absolute Gasteiger partial charge is 0.361 e. The normalized spacial score (nSPS) is 13.9. The molecule has 0 aliphatic heterocycles. The number of hydrogen-bond acceptors (Lipinski definition) is 4. The third-order valence-corrected chi connectivity index (χ3v) is 4.35. The van der Waals surface area contributed by atoms with Gasteiger partial charge in [0, 0.05) is 25.6 Å². The molecule has 0 saturated carbocycles. The molecular weight excluding hydrogens is 302 g/mol. The van der Waals surface area contributed by atoms with E-state index in [1.165, 1.54) is 0 Å². The van der Waals surface area contributed by atoms with Crippen molar-refractivity contribution in [1.29, 1.82) is 0 Å². The first-order valence-electron chi connectivity index (χ1n) is 9.44. The zero-order valence-electron chi connectivity index (χ0n) is 16.2. The smallest absolute Gasteiger partial charge is 0.273 e. The Morgan fingerprint density at radius 3 is 2.38 bits per heavy atom. The monoisotopic (exact) mass is 337 g/mol. The molecule has 0 radical (unpaired) electrons. The number of aryl methyl sites for hydroxylation is 1. The molecule has 1 aromatic rings. The molecule has 0 aromatic carbocycles. The predicted octanol–water partition coefficient (Wildman–Crippen LogP) is 3.90. The first-order chi connectivity index (χ1) is 11.5. The molecule has 0 saturated heterocycles. The molecule has 1 rings (SSSR count). The van der Waals surface area contributed by atoms with Crippen LogP contribution in [0.1, 0.15) is 76.6 Å². The van der Waals surface area contributed by atoms with Crippen LogP contribution in [0.15, 0.2) is 10.6 Å². The highest BCUT2D eigenvalue weighted by molar-refractivity contribution is 5.92. The lowest BCUT2D eigenvalue weighted by Gasteiger charge is -2.35. The summed E-state index contributed by atoms with van der Waals surface area (Å²) < 4.78 is 5.12. The Hall–Kier alpha value is -1.36. The van der Waals surface area contributed by atoms with E-state index < -0.39 is 0 Å². The molecule has 0 aliphatic rings. The van der Waals surface area contributed by atoms with E-state index in [1.807, 2.05) is 6.92 Å². The molecule has 1 atom stereocenters. The van der Waals surface area contributed by atoms with Crippen molar-refractivity contribution in [2.45, 2.75) is 66.7 Å². The highest BCUT2D eigenvalue weighted by Gasteiger charge is 2.27. The molecule has 5 nitrogen and oxygen atoms in total. The molecule has 138 valence electrons. The summed E-state index contributed by atoms with van der Waals surface area (Å²) in [5.74, 6) is 0.604. The maximum absolute atomic E-state index is 12.3. The van der Waals surface area contributed by atoms with Gasteiger partial charge in [-0.15, -0.1) is 0 Å². The third-order valence-electron chi connectivity index (χ3n) is 4.35. The minimum Gasteiger partial charge on any atom is -0.361 e. The van der Waals surface area contributed by atoms with Crippen molar-refractivity contribution in [3.63, 3.8) is 0 Å². The van der Waals surface area contributed by atoms with Gasteiger partial charge in [0.2, 0.25) is 0 Å². The Kier molecular flexibility index (Phi) is 9.04. The molecule has 0 aliphatic carbocycles. The summed E-state index contributed by atoms with van der Waals surface area (Å²) in [4.78, 5) is 14.8. The summed E-state index contributed by atoms with van der Waals surface area (Å²) in [5, 5.41) is 6.92. The van der Waals surface area contributed by atoms with Gasteiger partial charge in [0.15, 0.2) is 5.69 Å². The lowest BCUT2D eigenvalue weighted by atomic mass is 9.84. The molecule has 1 amide bonds. The second-order valence-corrected chi connectivity index (χ2v) is 7.05. The lowest BCUT2D eigenvalue weighted by molar-refractivity contribution is 0.0895. The Bertz CT molecular complexity index is 481. The number of carbonyl (C=O) groups is 1. The van der Waals surface area contributed by atoms with Gasteiger partial charge in [0.05, 0.1) is 0 Å². The maximum atomic E-state index is 12.3. The topological polar surface area (TPSA) is 58.4 Å². The molecule has 1 unspecified atom stereocenters. The molecule has 5 heteroatoms. The van der Waals surface area contributed by atoms with Crippen molar-refractivity contribution in [2.24, 2.45) is 5.41 Å². The summed E-state index contributed by atoms with van der Waals surface area (Å²) in [6, 6.07) is 1.73. The Morgan fingerprint density at radius 1 is 1.21 bits per heavy atom. The number of hydrogen-bond donors (Lipinski definition) is 1. The van der Waals surface area contributed by atoms with Crippen LogP contribution in [0.2, 0.25) is 0 Å². The van der Waals surface area contributed by atoms with Gasteiger partial charge in [-0.25, -0.2) is 0 Å². The van der Waals surface area contributed by atoms with Gasteiger partial charge in [-0.2, -0.15) is 0 Å². The van der Waals surface area contributed by atoms with E-state index in [1.54, 1.807) is 6.07 Å². The fraction of sp³-hybridized carbons (Fsp3) is 0.789. The van der Waals surface area contributed by atoms with E-state index in [-0.39, 0.29) is 11.3 Å². The summed E-state index contributed by atoms with van der Waals surface area (Å²) >= 11 is 0. The highest BCUT2D eigenvalue weighted by Crippen LogP contribution is 2.24. The second-order valence-electron chi connectivity index (χ2n) is 7.05. The molecule has 1 N–H and O–H groups in total. The van der Waals surface area contributed by atoms with Gasteiger partial charge in [-0.1, -0.05) is 46.2 Å². The fourth-order valence-corrected chi connectivity index (χ4v) is 3.24. The van der Waals surface area contributed by atoms with Gasteiger partial charge in [0.1, 0.15) is 5.76 Å². The number of nitrogens with zero attached hydrogens (tertiary/aromatic N) is 2. The van der Waals surface area contributed by atoms with Crippen molar-refractivity contribution >= 4 is 5.91 Å². The van der Waals surface area contributed by atoms with Crippen LogP contribution in [-0.2, 0) is 6.42 Å². The Labute approximate surface area is 147 Å². The maximum Gasteiger partial charge on any atom is 0.273 e. The Morgan fingerprint density at radius 2 is 1.88 bits per heavy atom. The average Bonchev–Trinajstić information content (AvgIpc) is 3.02. The number of rotatable bonds is 12. The first-order valence-corrected chi connectivity index (χ1v) is 9.44. The van der Waals surface area contributed by atoms with Gasteiger partial charge in [-0.3, -0.25) is 4.79 Å². The summed E-state index contributed by atoms with van der Waals surface area (Å²) in [6.07, 6.45) is 5.27. The van der Waals surface area contributed by atoms with Crippen LogP contribution in [0, 0.1) is 5.41 Å². The zero-order chi connectivity index (χ0) is 18.0. The number of carbonyl (C=O) groups excluding carboxylic acids is 1. The lowest BCUT2D eigenvalue weighted by Crippen LogP contribution is -2.44. The standard InChI is InChI=1S/C19H35N3O2/c1-6-10-19(5,15-22(11-7-2)12-8-3)14-20-18(23)17-13-16(9-4)24-21-17/h13H,6-12,14-15H2,1-5H3,(H,20,23). The average molecular weight is 338 g/mol. The van der Waals surface area contributed by atoms with Crippen molar-refractivity contribution in [1.82, 2.24) is 15.4 Å². The van der Waals surface area contributed by atoms with Crippen molar-refractivity contribution in [3.05, 3.63) is 17.5 Å². The predicted molar refractivity (Wildman–Crippen MR) is 98.3 cm³/mol. The van der Waals surface area contributed by atoms with Crippen LogP contribution in [0.25, 0.3) is 0 Å². The summed E-state index contributed by atoms with van der Waals surface area (Å²) in [6.45, 7) is 14.8. The first kappa shape index (κ1) is 20.7. The quantitative estimate of drug-likeness (QED) is 0.628. The van der Waals surface area contributed by atoms with Crippen LogP contribution in [-0.4, -0.2) is 42.1 Å². The molecule has 0 spiro atoms. The van der Waals surface area contributed by atoms with Crippen LogP contribution in [0.5, 0.6) is 0 Å². The van der Waals surface area contributed by atoms with Gasteiger partial charge in [0.25, 0.3) is 5.91 Å². The van der Waals surface area contributed by atoms with Crippen LogP contribution >= 0.6 is 0 Å². The minimum atomic E-state index is -0.140. The third kappa shape index (κ3) is 6.63. The van der Waals surface area contributed by atoms with E-state index >= 15 is 0 Å². The molecular formula is C19H35N3O2. The fourth-order valence-electron chi connectivity index (χ4n) is 3.24. The molecule has 1 heterocycles. The SMILES string of the molecule is CCCN(CCC)CC(C)(CCC)CNC(=O)c1cc(CC)on1. The number of nitrogens with one attached hydrogen (secondary N) is 1. The second kappa shape index (κ2) is 10.5. The summed E-state index contributed by atoms with van der Waals surface area (Å²) in [5.41, 5.74) is 0.455. The van der Waals surface area contributed by atoms with E-state index in [0.717, 1.165) is 57.5 Å². The van der Waals surface area contributed by atoms with Crippen molar-refractivity contribution in [2.75, 3.05) is 26.2 Å². The van der Waals surface area contributed by atoms with Gasteiger partial charge in [-0.05, 0) is 37.8 Å². The van der Waals surface area contributed by atoms with Gasteiger partial charge < -0.3 is 14.7 Å². The van der Waals surface area contributed by atoms with Gasteiger partial charge >= 0.3 is 0 Å². The highest BCUT2D eigenvalue weighted by atomic mass is 16.5. The van der Waals surface area contributed by atoms with E-state index in [4.69, 9.17) is 4.52 Å². The molecule has 24 heavy (non-hydrogen) atoms. The molecule has 0 bridgehead atoms. The van der Waals surface area contributed by atoms with E-state index in [0.29, 0.717) is 12.2 Å². The zero-order valence-corrected chi connectivity index (χ0v) is 16.2. The van der Waals surface area contributed by atoms with Crippen molar-refractivity contribution < 1.29 is 9.32 Å². The summed E-state index contributed by atoms with van der Waals surface area (Å²) in [7, 11) is 0. The van der Waals surface area contributed by atoms with E-state index in [9.17, 15) is 4.79 Å².